The summed E-state index contributed by atoms with van der Waals surface area (Å²) in [5, 5.41) is 3.78. The number of hydrogen-bond donors (Lipinski definition) is 1. The van der Waals surface area contributed by atoms with Crippen molar-refractivity contribution in [2.45, 2.75) is 31.3 Å². The molecule has 2 fully saturated rings. The SMILES string of the molecule is C1CSCC(NC2CCSC2)C1. The molecule has 0 radical (unpaired) electrons. The second-order valence-corrected chi connectivity index (χ2v) is 5.94. The Morgan fingerprint density at radius 2 is 1.67 bits per heavy atom. The van der Waals surface area contributed by atoms with Crippen molar-refractivity contribution in [3.8, 4) is 0 Å². The minimum atomic E-state index is 0.826. The van der Waals surface area contributed by atoms with Crippen molar-refractivity contribution in [3.63, 3.8) is 0 Å². The fourth-order valence-corrected chi connectivity index (χ4v) is 4.12. The lowest BCUT2D eigenvalue weighted by Crippen LogP contribution is -2.41. The Labute approximate surface area is 83.4 Å². The van der Waals surface area contributed by atoms with E-state index in [4.69, 9.17) is 0 Å². The standard InChI is InChI=1S/C9H17NS2/c1-2-8(6-11-4-1)10-9-3-5-12-7-9/h8-10H,1-7H2. The Balaban J connectivity index is 1.69. The monoisotopic (exact) mass is 203 g/mol. The van der Waals surface area contributed by atoms with Gasteiger partial charge in [0.05, 0.1) is 0 Å². The molecule has 70 valence electrons. The molecule has 3 heteroatoms. The minimum Gasteiger partial charge on any atom is -0.310 e. The quantitative estimate of drug-likeness (QED) is 0.737. The molecule has 2 atom stereocenters. The van der Waals surface area contributed by atoms with Gasteiger partial charge in [0, 0.05) is 23.6 Å². The Bertz CT molecular complexity index is 128. The smallest absolute Gasteiger partial charge is 0.0168 e. The van der Waals surface area contributed by atoms with Crippen molar-refractivity contribution in [3.05, 3.63) is 0 Å². The summed E-state index contributed by atoms with van der Waals surface area (Å²) in [6.07, 6.45) is 4.22. The van der Waals surface area contributed by atoms with Gasteiger partial charge in [0.1, 0.15) is 0 Å². The highest BCUT2D eigenvalue weighted by Gasteiger charge is 2.20. The predicted octanol–water partition coefficient (Wildman–Crippen LogP) is 1.98. The number of rotatable bonds is 2. The van der Waals surface area contributed by atoms with Gasteiger partial charge in [-0.25, -0.2) is 0 Å². The largest absolute Gasteiger partial charge is 0.310 e. The van der Waals surface area contributed by atoms with Crippen LogP contribution in [0.15, 0.2) is 0 Å². The molecule has 2 rings (SSSR count). The normalized spacial score (nSPS) is 37.0. The van der Waals surface area contributed by atoms with E-state index in [1.54, 1.807) is 0 Å². The van der Waals surface area contributed by atoms with Crippen LogP contribution >= 0.6 is 23.5 Å². The van der Waals surface area contributed by atoms with Crippen LogP contribution in [0.25, 0.3) is 0 Å². The maximum atomic E-state index is 3.78. The molecule has 0 saturated carbocycles. The summed E-state index contributed by atoms with van der Waals surface area (Å²) in [5.74, 6) is 5.46. The van der Waals surface area contributed by atoms with Crippen LogP contribution in [0.2, 0.25) is 0 Å². The van der Waals surface area contributed by atoms with Crippen molar-refractivity contribution >= 4 is 23.5 Å². The van der Waals surface area contributed by atoms with E-state index in [0.29, 0.717) is 0 Å². The molecule has 0 amide bonds. The van der Waals surface area contributed by atoms with Gasteiger partial charge >= 0.3 is 0 Å². The van der Waals surface area contributed by atoms with Crippen LogP contribution < -0.4 is 5.32 Å². The first-order valence-corrected chi connectivity index (χ1v) is 7.17. The molecule has 0 aromatic rings. The van der Waals surface area contributed by atoms with Gasteiger partial charge in [0.15, 0.2) is 0 Å². The van der Waals surface area contributed by atoms with Crippen LogP contribution in [-0.2, 0) is 0 Å². The van der Waals surface area contributed by atoms with E-state index >= 15 is 0 Å². The van der Waals surface area contributed by atoms with Crippen molar-refractivity contribution in [2.24, 2.45) is 0 Å². The van der Waals surface area contributed by atoms with Crippen LogP contribution in [0, 0.1) is 0 Å². The average Bonchev–Trinajstić information content (AvgIpc) is 2.59. The highest BCUT2D eigenvalue weighted by atomic mass is 32.2. The van der Waals surface area contributed by atoms with E-state index in [0.717, 1.165) is 12.1 Å². The summed E-state index contributed by atoms with van der Waals surface area (Å²) in [4.78, 5) is 0. The first kappa shape index (κ1) is 9.22. The molecule has 0 aliphatic carbocycles. The molecule has 2 heterocycles. The highest BCUT2D eigenvalue weighted by Crippen LogP contribution is 2.21. The summed E-state index contributed by atoms with van der Waals surface area (Å²) in [6.45, 7) is 0. The molecule has 1 N–H and O–H groups in total. The predicted molar refractivity (Wildman–Crippen MR) is 59.2 cm³/mol. The summed E-state index contributed by atoms with van der Waals surface area (Å²) in [5.41, 5.74) is 0. The van der Waals surface area contributed by atoms with Gasteiger partial charge in [-0.3, -0.25) is 0 Å². The Morgan fingerprint density at radius 3 is 2.33 bits per heavy atom. The zero-order chi connectivity index (χ0) is 8.23. The summed E-state index contributed by atoms with van der Waals surface area (Å²) < 4.78 is 0. The molecular weight excluding hydrogens is 186 g/mol. The fourth-order valence-electron chi connectivity index (χ4n) is 1.87. The van der Waals surface area contributed by atoms with Gasteiger partial charge in [-0.1, -0.05) is 0 Å². The van der Waals surface area contributed by atoms with E-state index in [2.05, 4.69) is 28.8 Å². The van der Waals surface area contributed by atoms with E-state index in [9.17, 15) is 0 Å². The molecule has 2 unspecified atom stereocenters. The van der Waals surface area contributed by atoms with Crippen molar-refractivity contribution in [1.82, 2.24) is 5.32 Å². The summed E-state index contributed by atoms with van der Waals surface area (Å²) in [7, 11) is 0. The van der Waals surface area contributed by atoms with E-state index in [1.165, 1.54) is 42.3 Å². The third kappa shape index (κ3) is 2.57. The van der Waals surface area contributed by atoms with Gasteiger partial charge in [-0.2, -0.15) is 23.5 Å². The minimum absolute atomic E-state index is 0.826. The van der Waals surface area contributed by atoms with Crippen LogP contribution in [0.5, 0.6) is 0 Å². The van der Waals surface area contributed by atoms with Crippen molar-refractivity contribution in [2.75, 3.05) is 23.0 Å². The second kappa shape index (κ2) is 4.77. The van der Waals surface area contributed by atoms with Crippen molar-refractivity contribution < 1.29 is 0 Å². The van der Waals surface area contributed by atoms with E-state index in [1.807, 2.05) is 0 Å². The first-order chi connectivity index (χ1) is 5.95. The van der Waals surface area contributed by atoms with Gasteiger partial charge < -0.3 is 5.32 Å². The summed E-state index contributed by atoms with van der Waals surface area (Å²) >= 11 is 4.22. The number of nitrogens with one attached hydrogen (secondary N) is 1. The molecule has 0 spiro atoms. The van der Waals surface area contributed by atoms with Gasteiger partial charge in [0.25, 0.3) is 0 Å². The highest BCUT2D eigenvalue weighted by molar-refractivity contribution is 7.99. The molecule has 2 saturated heterocycles. The first-order valence-electron chi connectivity index (χ1n) is 4.87. The molecular formula is C9H17NS2. The Kier molecular flexibility index (Phi) is 3.67. The summed E-state index contributed by atoms with van der Waals surface area (Å²) in [6, 6.07) is 1.66. The third-order valence-electron chi connectivity index (χ3n) is 2.56. The molecule has 0 aromatic carbocycles. The average molecular weight is 203 g/mol. The lowest BCUT2D eigenvalue weighted by molar-refractivity contribution is 0.448. The maximum Gasteiger partial charge on any atom is 0.0168 e. The topological polar surface area (TPSA) is 12.0 Å². The fraction of sp³-hybridized carbons (Fsp3) is 1.00. The molecule has 2 aliphatic heterocycles. The van der Waals surface area contributed by atoms with Crippen LogP contribution in [0.1, 0.15) is 19.3 Å². The van der Waals surface area contributed by atoms with Crippen molar-refractivity contribution in [1.29, 1.82) is 0 Å². The van der Waals surface area contributed by atoms with Gasteiger partial charge in [0.2, 0.25) is 0 Å². The lowest BCUT2D eigenvalue weighted by Gasteiger charge is -2.25. The molecule has 0 bridgehead atoms. The molecule has 0 aromatic heterocycles. The Hall–Kier alpha value is 0.660. The van der Waals surface area contributed by atoms with Crippen LogP contribution in [0.3, 0.4) is 0 Å². The van der Waals surface area contributed by atoms with Gasteiger partial charge in [-0.15, -0.1) is 0 Å². The zero-order valence-corrected chi connectivity index (χ0v) is 9.05. The number of hydrogen-bond acceptors (Lipinski definition) is 3. The van der Waals surface area contributed by atoms with Crippen LogP contribution in [0.4, 0.5) is 0 Å². The lowest BCUT2D eigenvalue weighted by atomic mass is 10.1. The molecule has 12 heavy (non-hydrogen) atoms. The molecule has 1 nitrogen and oxygen atoms in total. The molecule has 2 aliphatic rings. The van der Waals surface area contributed by atoms with E-state index < -0.39 is 0 Å². The van der Waals surface area contributed by atoms with E-state index in [-0.39, 0.29) is 0 Å². The van der Waals surface area contributed by atoms with Gasteiger partial charge in [-0.05, 0) is 30.8 Å². The third-order valence-corrected chi connectivity index (χ3v) is 4.94. The Morgan fingerprint density at radius 1 is 0.917 bits per heavy atom. The zero-order valence-electron chi connectivity index (χ0n) is 7.42. The number of thioether (sulfide) groups is 2. The van der Waals surface area contributed by atoms with Crippen LogP contribution in [-0.4, -0.2) is 35.1 Å². The maximum absolute atomic E-state index is 3.78. The second-order valence-electron chi connectivity index (χ2n) is 3.64.